The third kappa shape index (κ3) is 6.13. The Morgan fingerprint density at radius 2 is 1.60 bits per heavy atom. The molecule has 0 saturated heterocycles. The van der Waals surface area contributed by atoms with Gasteiger partial charge in [-0.3, -0.25) is 9.59 Å². The highest BCUT2D eigenvalue weighted by molar-refractivity contribution is 7.99. The maximum atomic E-state index is 12.2. The number of anilines is 2. The smallest absolute Gasteiger partial charge is 0.255 e. The molecule has 0 bridgehead atoms. The van der Waals surface area contributed by atoms with Crippen molar-refractivity contribution in [2.45, 2.75) is 0 Å². The van der Waals surface area contributed by atoms with Crippen LogP contribution in [0.2, 0.25) is 0 Å². The van der Waals surface area contributed by atoms with Gasteiger partial charge in [0.25, 0.3) is 5.91 Å². The Morgan fingerprint density at radius 3 is 2.20 bits per heavy atom. The first-order valence-electron chi connectivity index (χ1n) is 7.66. The standard InChI is InChI=1S/C18H20N2O4S/c1-24-16-8-6-15(7-9-16)20-18(23)13-2-4-14(5-3-13)19-17(22)12-25-11-10-21/h2-9,21H,10-12H2,1H3,(H,19,22)(H,20,23). The number of amides is 2. The zero-order valence-electron chi connectivity index (χ0n) is 13.8. The highest BCUT2D eigenvalue weighted by atomic mass is 32.2. The molecule has 2 rings (SSSR count). The van der Waals surface area contributed by atoms with Gasteiger partial charge in [0, 0.05) is 22.7 Å². The number of methoxy groups -OCH3 is 1. The first kappa shape index (κ1) is 18.8. The number of aliphatic hydroxyl groups excluding tert-OH is 1. The molecule has 0 radical (unpaired) electrons. The van der Waals surface area contributed by atoms with Gasteiger partial charge in [-0.1, -0.05) is 0 Å². The Hall–Kier alpha value is -2.51. The van der Waals surface area contributed by atoms with Gasteiger partial charge in [-0.15, -0.1) is 11.8 Å². The van der Waals surface area contributed by atoms with Crippen LogP contribution in [0.5, 0.6) is 5.75 Å². The van der Waals surface area contributed by atoms with Crippen molar-refractivity contribution in [1.29, 1.82) is 0 Å². The van der Waals surface area contributed by atoms with E-state index >= 15 is 0 Å². The van der Waals surface area contributed by atoms with Crippen molar-refractivity contribution >= 4 is 35.0 Å². The van der Waals surface area contributed by atoms with Crippen LogP contribution in [-0.4, -0.2) is 42.1 Å². The highest BCUT2D eigenvalue weighted by Crippen LogP contribution is 2.17. The number of ether oxygens (including phenoxy) is 1. The van der Waals surface area contributed by atoms with Gasteiger partial charge in [0.05, 0.1) is 19.5 Å². The number of benzene rings is 2. The third-order valence-corrected chi connectivity index (χ3v) is 4.19. The molecule has 0 fully saturated rings. The minimum absolute atomic E-state index is 0.0515. The fourth-order valence-corrected chi connectivity index (χ4v) is 2.54. The molecule has 2 amide bonds. The van der Waals surface area contributed by atoms with Gasteiger partial charge >= 0.3 is 0 Å². The minimum atomic E-state index is -0.235. The van der Waals surface area contributed by atoms with Gasteiger partial charge in [-0.05, 0) is 48.5 Å². The fourth-order valence-electron chi connectivity index (χ4n) is 2.01. The summed E-state index contributed by atoms with van der Waals surface area (Å²) >= 11 is 1.36. The number of thioether (sulfide) groups is 1. The van der Waals surface area contributed by atoms with Gasteiger partial charge in [-0.2, -0.15) is 0 Å². The van der Waals surface area contributed by atoms with E-state index in [0.717, 1.165) is 5.75 Å². The summed E-state index contributed by atoms with van der Waals surface area (Å²) in [6.45, 7) is 0.0515. The molecule has 6 nitrogen and oxygen atoms in total. The first-order chi connectivity index (χ1) is 12.1. The third-order valence-electron chi connectivity index (χ3n) is 3.25. The number of nitrogens with one attached hydrogen (secondary N) is 2. The molecule has 2 aromatic rings. The summed E-state index contributed by atoms with van der Waals surface area (Å²) in [5.41, 5.74) is 1.78. The molecule has 0 spiro atoms. The lowest BCUT2D eigenvalue weighted by Crippen LogP contribution is -2.15. The van der Waals surface area contributed by atoms with Crippen LogP contribution >= 0.6 is 11.8 Å². The fraction of sp³-hybridized carbons (Fsp3) is 0.222. The summed E-state index contributed by atoms with van der Waals surface area (Å²) in [5, 5.41) is 14.2. The van der Waals surface area contributed by atoms with Crippen molar-refractivity contribution in [2.24, 2.45) is 0 Å². The lowest BCUT2D eigenvalue weighted by atomic mass is 10.2. The average molecular weight is 360 g/mol. The first-order valence-corrected chi connectivity index (χ1v) is 8.82. The second kappa shape index (κ2) is 9.71. The molecule has 25 heavy (non-hydrogen) atoms. The largest absolute Gasteiger partial charge is 0.497 e. The van der Waals surface area contributed by atoms with Crippen molar-refractivity contribution in [3.8, 4) is 5.75 Å². The van der Waals surface area contributed by atoms with E-state index in [2.05, 4.69) is 10.6 Å². The molecule has 0 unspecified atom stereocenters. The minimum Gasteiger partial charge on any atom is -0.497 e. The molecule has 0 saturated carbocycles. The van der Waals surface area contributed by atoms with Gasteiger partial charge in [-0.25, -0.2) is 0 Å². The molecular weight excluding hydrogens is 340 g/mol. The van der Waals surface area contributed by atoms with E-state index in [1.807, 2.05) is 0 Å². The number of rotatable bonds is 8. The molecule has 7 heteroatoms. The van der Waals surface area contributed by atoms with Crippen LogP contribution in [0.3, 0.4) is 0 Å². The second-order valence-electron chi connectivity index (χ2n) is 5.08. The molecule has 0 aliphatic rings. The Bertz CT molecular complexity index is 702. The maximum absolute atomic E-state index is 12.2. The van der Waals surface area contributed by atoms with E-state index in [-0.39, 0.29) is 24.2 Å². The number of carbonyl (C=O) groups excluding carboxylic acids is 2. The van der Waals surface area contributed by atoms with Gasteiger partial charge in [0.2, 0.25) is 5.91 Å². The van der Waals surface area contributed by atoms with E-state index in [4.69, 9.17) is 9.84 Å². The van der Waals surface area contributed by atoms with Gasteiger partial charge in [0.1, 0.15) is 5.75 Å². The summed E-state index contributed by atoms with van der Waals surface area (Å²) in [4.78, 5) is 23.9. The van der Waals surface area contributed by atoms with E-state index in [0.29, 0.717) is 22.7 Å². The zero-order valence-corrected chi connectivity index (χ0v) is 14.6. The SMILES string of the molecule is COc1ccc(NC(=O)c2ccc(NC(=O)CSCCO)cc2)cc1. The summed E-state index contributed by atoms with van der Waals surface area (Å²) in [6.07, 6.45) is 0. The molecule has 3 N–H and O–H groups in total. The number of hydrogen-bond donors (Lipinski definition) is 3. The molecule has 0 aliphatic carbocycles. The normalized spacial score (nSPS) is 10.2. The Morgan fingerprint density at radius 1 is 1.00 bits per heavy atom. The summed E-state index contributed by atoms with van der Waals surface area (Å²) in [6, 6.07) is 13.7. The lowest BCUT2D eigenvalue weighted by molar-refractivity contribution is -0.113. The second-order valence-corrected chi connectivity index (χ2v) is 6.19. The highest BCUT2D eigenvalue weighted by Gasteiger charge is 2.07. The van der Waals surface area contributed by atoms with Crippen LogP contribution in [0, 0.1) is 0 Å². The Balaban J connectivity index is 1.89. The van der Waals surface area contributed by atoms with E-state index in [1.165, 1.54) is 11.8 Å². The van der Waals surface area contributed by atoms with Gasteiger partial charge in [0.15, 0.2) is 0 Å². The summed E-state index contributed by atoms with van der Waals surface area (Å²) < 4.78 is 5.07. The monoisotopic (exact) mass is 360 g/mol. The molecule has 0 heterocycles. The maximum Gasteiger partial charge on any atom is 0.255 e. The number of carbonyl (C=O) groups is 2. The average Bonchev–Trinajstić information content (AvgIpc) is 2.63. The van der Waals surface area contributed by atoms with Crippen molar-refractivity contribution in [1.82, 2.24) is 0 Å². The Kier molecular flexibility index (Phi) is 7.31. The van der Waals surface area contributed by atoms with E-state index in [1.54, 1.807) is 55.6 Å². The molecule has 0 aromatic heterocycles. The van der Waals surface area contributed by atoms with Crippen molar-refractivity contribution in [3.05, 3.63) is 54.1 Å². The summed E-state index contributed by atoms with van der Waals surface area (Å²) in [5.74, 6) is 1.14. The topological polar surface area (TPSA) is 87.7 Å². The predicted octanol–water partition coefficient (Wildman–Crippen LogP) is 2.61. The molecule has 132 valence electrons. The van der Waals surface area contributed by atoms with E-state index < -0.39 is 0 Å². The van der Waals surface area contributed by atoms with Gasteiger partial charge < -0.3 is 20.5 Å². The van der Waals surface area contributed by atoms with Crippen molar-refractivity contribution in [3.63, 3.8) is 0 Å². The number of aliphatic hydroxyl groups is 1. The quantitative estimate of drug-likeness (QED) is 0.630. The molecular formula is C18H20N2O4S. The van der Waals surface area contributed by atoms with Crippen LogP contribution in [0.4, 0.5) is 11.4 Å². The van der Waals surface area contributed by atoms with Crippen LogP contribution in [-0.2, 0) is 4.79 Å². The molecule has 2 aromatic carbocycles. The van der Waals surface area contributed by atoms with Crippen LogP contribution in [0.25, 0.3) is 0 Å². The van der Waals surface area contributed by atoms with Crippen molar-refractivity contribution < 1.29 is 19.4 Å². The molecule has 0 atom stereocenters. The van der Waals surface area contributed by atoms with E-state index in [9.17, 15) is 9.59 Å². The zero-order chi connectivity index (χ0) is 18.1. The summed E-state index contributed by atoms with van der Waals surface area (Å²) in [7, 11) is 1.58. The predicted molar refractivity (Wildman–Crippen MR) is 100 cm³/mol. The van der Waals surface area contributed by atoms with Crippen LogP contribution < -0.4 is 15.4 Å². The van der Waals surface area contributed by atoms with Crippen LogP contribution in [0.15, 0.2) is 48.5 Å². The van der Waals surface area contributed by atoms with Crippen LogP contribution in [0.1, 0.15) is 10.4 Å². The van der Waals surface area contributed by atoms with Crippen molar-refractivity contribution in [2.75, 3.05) is 35.9 Å². The number of hydrogen-bond acceptors (Lipinski definition) is 5. The lowest BCUT2D eigenvalue weighted by Gasteiger charge is -2.08. The Labute approximate surface area is 150 Å². The molecule has 0 aliphatic heterocycles.